The highest BCUT2D eigenvalue weighted by atomic mass is 16.3. The molecule has 0 unspecified atom stereocenters. The fourth-order valence-corrected chi connectivity index (χ4v) is 7.76. The summed E-state index contributed by atoms with van der Waals surface area (Å²) in [4.78, 5) is 0. The van der Waals surface area contributed by atoms with Crippen LogP contribution in [0.15, 0.2) is 47.8 Å². The zero-order valence-electron chi connectivity index (χ0n) is 22.3. The molecule has 1 aromatic rings. The van der Waals surface area contributed by atoms with Crippen molar-refractivity contribution in [2.24, 2.45) is 46.3 Å². The summed E-state index contributed by atoms with van der Waals surface area (Å²) in [6.07, 6.45) is 21.6. The van der Waals surface area contributed by atoms with Crippen LogP contribution in [0.5, 0.6) is 0 Å². The Morgan fingerprint density at radius 3 is 2.44 bits per heavy atom. The number of hydrogen-bond acceptors (Lipinski definition) is 3. The van der Waals surface area contributed by atoms with Crippen molar-refractivity contribution in [3.8, 4) is 0 Å². The van der Waals surface area contributed by atoms with Gasteiger partial charge >= 0.3 is 0 Å². The predicted octanol–water partition coefficient (Wildman–Crippen LogP) is 7.14. The van der Waals surface area contributed by atoms with Crippen LogP contribution >= 0.6 is 0 Å². The molecule has 3 fully saturated rings. The molecule has 2 N–H and O–H groups in total. The van der Waals surface area contributed by atoms with Crippen molar-refractivity contribution in [3.63, 3.8) is 0 Å². The van der Waals surface area contributed by atoms with Gasteiger partial charge in [-0.05, 0) is 91.3 Å². The van der Waals surface area contributed by atoms with Gasteiger partial charge in [-0.3, -0.25) is 5.10 Å². The average molecular weight is 466 g/mol. The van der Waals surface area contributed by atoms with Gasteiger partial charge in [-0.25, -0.2) is 0 Å². The van der Waals surface area contributed by atoms with Crippen LogP contribution in [0.2, 0.25) is 0 Å². The lowest BCUT2D eigenvalue weighted by atomic mass is 9.50. The number of aliphatic hydroxyl groups excluding tert-OH is 1. The lowest BCUT2D eigenvalue weighted by Crippen LogP contribution is -2.46. The molecule has 3 saturated carbocycles. The molecule has 4 nitrogen and oxygen atoms in total. The summed E-state index contributed by atoms with van der Waals surface area (Å²) in [6, 6.07) is 0. The zero-order chi connectivity index (χ0) is 24.5. The molecule has 0 aliphatic heterocycles. The summed E-state index contributed by atoms with van der Waals surface area (Å²) >= 11 is 0. The maximum Gasteiger partial charge on any atom is 0.0690 e. The van der Waals surface area contributed by atoms with E-state index in [0.29, 0.717) is 22.7 Å². The SMILES string of the molecule is CC(C)[C@@H](C)/C=C/[C@@H](C)[C@H]1CC[C@H]2C3=CC=C4C[C@@H](O)CC[C@]4(C)[C@H]3CC[C@]12C.c1c[nH]nn1. The Kier molecular flexibility index (Phi) is 7.57. The summed E-state index contributed by atoms with van der Waals surface area (Å²) in [5, 5.41) is 19.5. The lowest BCUT2D eigenvalue weighted by molar-refractivity contribution is 0.0382. The van der Waals surface area contributed by atoms with Crippen molar-refractivity contribution in [2.45, 2.75) is 92.6 Å². The zero-order valence-corrected chi connectivity index (χ0v) is 22.3. The number of nitrogens with zero attached hydrogens (tertiary/aromatic N) is 2. The molecule has 4 aliphatic carbocycles. The number of rotatable bonds is 4. The Balaban J connectivity index is 0.000000486. The molecular weight excluding hydrogens is 418 g/mol. The van der Waals surface area contributed by atoms with E-state index in [4.69, 9.17) is 0 Å². The van der Waals surface area contributed by atoms with Crippen LogP contribution in [-0.2, 0) is 0 Å². The van der Waals surface area contributed by atoms with Gasteiger partial charge in [0.1, 0.15) is 0 Å². The van der Waals surface area contributed by atoms with Gasteiger partial charge in [-0.1, -0.05) is 82.2 Å². The maximum absolute atomic E-state index is 10.2. The van der Waals surface area contributed by atoms with Crippen LogP contribution in [-0.4, -0.2) is 26.6 Å². The second-order valence-electron chi connectivity index (χ2n) is 12.5. The summed E-state index contributed by atoms with van der Waals surface area (Å²) in [7, 11) is 0. The van der Waals surface area contributed by atoms with E-state index in [9.17, 15) is 5.11 Å². The van der Waals surface area contributed by atoms with Gasteiger partial charge in [0.05, 0.1) is 12.3 Å². The van der Waals surface area contributed by atoms with Crippen LogP contribution in [0.3, 0.4) is 0 Å². The Morgan fingerprint density at radius 1 is 1.00 bits per heavy atom. The first-order chi connectivity index (χ1) is 16.2. The van der Waals surface area contributed by atoms with E-state index in [1.54, 1.807) is 18.0 Å². The van der Waals surface area contributed by atoms with Gasteiger partial charge in [-0.15, -0.1) is 5.10 Å². The minimum absolute atomic E-state index is 0.116. The summed E-state index contributed by atoms with van der Waals surface area (Å²) in [6.45, 7) is 14.6. The van der Waals surface area contributed by atoms with Gasteiger partial charge in [0.25, 0.3) is 0 Å². The minimum Gasteiger partial charge on any atom is -0.393 e. The van der Waals surface area contributed by atoms with Gasteiger partial charge in [0.15, 0.2) is 0 Å². The molecule has 0 saturated heterocycles. The van der Waals surface area contributed by atoms with E-state index in [0.717, 1.165) is 36.5 Å². The predicted molar refractivity (Wildman–Crippen MR) is 140 cm³/mol. The average Bonchev–Trinajstić information content (AvgIpc) is 3.49. The fraction of sp³-hybridized carbons (Fsp3) is 0.733. The van der Waals surface area contributed by atoms with Gasteiger partial charge in [0.2, 0.25) is 0 Å². The first kappa shape index (κ1) is 25.4. The molecule has 0 bridgehead atoms. The Morgan fingerprint density at radius 2 is 1.79 bits per heavy atom. The fourth-order valence-electron chi connectivity index (χ4n) is 7.76. The first-order valence-corrected chi connectivity index (χ1v) is 13.7. The van der Waals surface area contributed by atoms with Crippen LogP contribution in [0.25, 0.3) is 0 Å². The van der Waals surface area contributed by atoms with Gasteiger partial charge < -0.3 is 5.11 Å². The second-order valence-corrected chi connectivity index (χ2v) is 12.5. The maximum atomic E-state index is 10.2. The molecule has 4 heteroatoms. The Hall–Kier alpha value is -1.68. The van der Waals surface area contributed by atoms with Crippen molar-refractivity contribution in [1.29, 1.82) is 0 Å². The van der Waals surface area contributed by atoms with Gasteiger partial charge in [-0.2, -0.15) is 0 Å². The lowest BCUT2D eigenvalue weighted by Gasteiger charge is -2.55. The topological polar surface area (TPSA) is 61.8 Å². The smallest absolute Gasteiger partial charge is 0.0690 e. The molecule has 188 valence electrons. The molecule has 0 aromatic carbocycles. The van der Waals surface area contributed by atoms with E-state index in [1.165, 1.54) is 37.7 Å². The third-order valence-corrected chi connectivity index (χ3v) is 10.4. The van der Waals surface area contributed by atoms with E-state index < -0.39 is 0 Å². The summed E-state index contributed by atoms with van der Waals surface area (Å²) in [5.41, 5.74) is 4.07. The highest BCUT2D eigenvalue weighted by Crippen LogP contribution is 2.65. The van der Waals surface area contributed by atoms with Crippen molar-refractivity contribution >= 4 is 0 Å². The number of allylic oxidation sites excluding steroid dienone is 5. The van der Waals surface area contributed by atoms with Crippen LogP contribution in [0.4, 0.5) is 0 Å². The third-order valence-electron chi connectivity index (χ3n) is 10.4. The highest BCUT2D eigenvalue weighted by molar-refractivity contribution is 5.39. The standard InChI is InChI=1S/C28H44O.C2H3N3/c1-18(2)19(3)7-8-20(4)24-11-12-25-23-10-9-21-17-22(29)13-15-27(21,5)26(23)14-16-28(24,25)6;1-2-4-5-3-1/h7-10,18-20,22,24-26,29H,11-17H2,1-6H3;1-2H,(H,3,4,5)/b8-7+;/t19-,20+,22-,24+,25-,26-,27-,28+;/m0./s1. The van der Waals surface area contributed by atoms with Crippen LogP contribution in [0.1, 0.15) is 86.5 Å². The van der Waals surface area contributed by atoms with Crippen molar-refractivity contribution < 1.29 is 5.11 Å². The third kappa shape index (κ3) is 4.72. The molecule has 0 amide bonds. The number of H-pyrrole nitrogens is 1. The molecule has 8 atom stereocenters. The monoisotopic (exact) mass is 465 g/mol. The van der Waals surface area contributed by atoms with Crippen molar-refractivity contribution in [3.05, 3.63) is 47.8 Å². The number of hydrogen-bond donors (Lipinski definition) is 2. The molecule has 1 heterocycles. The first-order valence-electron chi connectivity index (χ1n) is 13.7. The molecule has 1 aromatic heterocycles. The van der Waals surface area contributed by atoms with Crippen molar-refractivity contribution in [1.82, 2.24) is 15.4 Å². The molecule has 34 heavy (non-hydrogen) atoms. The molecular formula is C30H47N3O. The largest absolute Gasteiger partial charge is 0.393 e. The number of aromatic nitrogens is 3. The highest BCUT2D eigenvalue weighted by Gasteiger charge is 2.56. The number of fused-ring (bicyclic) bond motifs is 5. The van der Waals surface area contributed by atoms with Crippen LogP contribution < -0.4 is 0 Å². The van der Waals surface area contributed by atoms with E-state index in [1.807, 2.05) is 0 Å². The molecule has 0 radical (unpaired) electrons. The second kappa shape index (κ2) is 10.1. The molecule has 4 aliphatic rings. The molecule has 5 rings (SSSR count). The van der Waals surface area contributed by atoms with E-state index in [2.05, 4.69) is 81.3 Å². The Labute approximate surface area is 207 Å². The van der Waals surface area contributed by atoms with Gasteiger partial charge in [0, 0.05) is 6.20 Å². The minimum atomic E-state index is -0.116. The number of aromatic amines is 1. The van der Waals surface area contributed by atoms with Crippen LogP contribution in [0, 0.1) is 46.3 Å². The number of nitrogens with one attached hydrogen (secondary N) is 1. The normalized spacial score (nSPS) is 38.7. The van der Waals surface area contributed by atoms with E-state index in [-0.39, 0.29) is 6.10 Å². The molecule has 0 spiro atoms. The number of aliphatic hydroxyl groups is 1. The van der Waals surface area contributed by atoms with E-state index >= 15 is 0 Å². The summed E-state index contributed by atoms with van der Waals surface area (Å²) in [5.74, 6) is 4.38. The Bertz CT molecular complexity index is 883. The van der Waals surface area contributed by atoms with Crippen molar-refractivity contribution in [2.75, 3.05) is 0 Å². The quantitative estimate of drug-likeness (QED) is 0.465. The summed E-state index contributed by atoms with van der Waals surface area (Å²) < 4.78 is 0.